The zero-order valence-corrected chi connectivity index (χ0v) is 17.6. The van der Waals surface area contributed by atoms with E-state index in [0.29, 0.717) is 30.2 Å². The van der Waals surface area contributed by atoms with Crippen LogP contribution in [0.3, 0.4) is 0 Å². The first-order valence-electron chi connectivity index (χ1n) is 10.1. The maximum absolute atomic E-state index is 12.5. The van der Waals surface area contributed by atoms with Crippen LogP contribution in [0.15, 0.2) is 48.5 Å². The van der Waals surface area contributed by atoms with Crippen LogP contribution in [-0.2, 0) is 20.9 Å². The van der Waals surface area contributed by atoms with Crippen LogP contribution >= 0.6 is 0 Å². The summed E-state index contributed by atoms with van der Waals surface area (Å²) in [7, 11) is 0. The molecule has 1 aliphatic rings. The summed E-state index contributed by atoms with van der Waals surface area (Å²) in [6.45, 7) is 6.56. The molecule has 0 aromatic heterocycles. The highest BCUT2D eigenvalue weighted by Gasteiger charge is 2.31. The number of fused-ring (bicyclic) bond motifs is 1. The molecule has 0 saturated carbocycles. The first kappa shape index (κ1) is 21.4. The number of para-hydroxylation sites is 2. The number of rotatable bonds is 7. The Kier molecular flexibility index (Phi) is 6.72. The molecule has 7 heteroatoms. The number of hydrogen-bond donors (Lipinski definition) is 1. The van der Waals surface area contributed by atoms with Crippen LogP contribution in [0.4, 0.5) is 11.4 Å². The summed E-state index contributed by atoms with van der Waals surface area (Å²) >= 11 is 0. The van der Waals surface area contributed by atoms with Crippen molar-refractivity contribution in [3.63, 3.8) is 0 Å². The number of anilines is 2. The second kappa shape index (κ2) is 9.43. The Morgan fingerprint density at radius 3 is 2.67 bits per heavy atom. The fourth-order valence-corrected chi connectivity index (χ4v) is 3.44. The highest BCUT2D eigenvalue weighted by molar-refractivity contribution is 6.00. The molecule has 30 heavy (non-hydrogen) atoms. The number of hydrogen-bond acceptors (Lipinski definition) is 4. The van der Waals surface area contributed by atoms with Gasteiger partial charge in [0.1, 0.15) is 5.75 Å². The molecule has 0 aliphatic carbocycles. The van der Waals surface area contributed by atoms with Gasteiger partial charge in [-0.25, -0.2) is 0 Å². The van der Waals surface area contributed by atoms with Gasteiger partial charge in [-0.05, 0) is 43.7 Å². The monoisotopic (exact) mass is 409 g/mol. The highest BCUT2D eigenvalue weighted by Crippen LogP contribution is 2.33. The van der Waals surface area contributed by atoms with Gasteiger partial charge in [0.25, 0.3) is 5.91 Å². The van der Waals surface area contributed by atoms with E-state index >= 15 is 0 Å². The van der Waals surface area contributed by atoms with Crippen molar-refractivity contribution in [1.29, 1.82) is 0 Å². The van der Waals surface area contributed by atoms with Crippen LogP contribution in [-0.4, -0.2) is 41.8 Å². The Balaban J connectivity index is 1.62. The summed E-state index contributed by atoms with van der Waals surface area (Å²) in [6.07, 6.45) is -0.423. The lowest BCUT2D eigenvalue weighted by Gasteiger charge is -2.32. The van der Waals surface area contributed by atoms with Gasteiger partial charge in [0.05, 0.1) is 5.69 Å². The summed E-state index contributed by atoms with van der Waals surface area (Å²) < 4.78 is 5.63. The van der Waals surface area contributed by atoms with Crippen molar-refractivity contribution >= 4 is 29.1 Å². The van der Waals surface area contributed by atoms with E-state index in [1.54, 1.807) is 23.6 Å². The van der Waals surface area contributed by atoms with Gasteiger partial charge in [-0.3, -0.25) is 14.4 Å². The minimum absolute atomic E-state index is 0.0108. The topological polar surface area (TPSA) is 79.0 Å². The minimum Gasteiger partial charge on any atom is -0.479 e. The molecule has 0 radical (unpaired) electrons. The minimum atomic E-state index is -0.581. The number of amides is 3. The Hall–Kier alpha value is -3.35. The molecular formula is C23H27N3O4. The summed E-state index contributed by atoms with van der Waals surface area (Å²) in [4.78, 5) is 40.0. The molecule has 1 atom stereocenters. The first-order chi connectivity index (χ1) is 14.4. The van der Waals surface area contributed by atoms with Crippen molar-refractivity contribution in [3.05, 3.63) is 54.1 Å². The quantitative estimate of drug-likeness (QED) is 0.762. The standard InChI is InChI=1S/C23H27N3O4/c1-4-25(17(3)27)15-18-8-7-9-19(14-18)24-22(28)12-13-26-20-10-5-6-11-21(20)30-16(2)23(26)29/h5-11,14,16H,4,12-13,15H2,1-3H3,(H,24,28). The second-order valence-electron chi connectivity index (χ2n) is 7.25. The van der Waals surface area contributed by atoms with Gasteiger partial charge >= 0.3 is 0 Å². The van der Waals surface area contributed by atoms with Crippen molar-refractivity contribution in [2.75, 3.05) is 23.3 Å². The van der Waals surface area contributed by atoms with Crippen LogP contribution in [0.1, 0.15) is 32.8 Å². The predicted molar refractivity (Wildman–Crippen MR) is 115 cm³/mol. The molecule has 3 amide bonds. The maximum Gasteiger partial charge on any atom is 0.267 e. The van der Waals surface area contributed by atoms with Crippen molar-refractivity contribution in [1.82, 2.24) is 4.90 Å². The van der Waals surface area contributed by atoms with Crippen molar-refractivity contribution < 1.29 is 19.1 Å². The Labute approximate surface area is 176 Å². The molecule has 7 nitrogen and oxygen atoms in total. The molecule has 1 unspecified atom stereocenters. The maximum atomic E-state index is 12.5. The average molecular weight is 409 g/mol. The zero-order chi connectivity index (χ0) is 21.7. The normalized spacial score (nSPS) is 15.2. The van der Waals surface area contributed by atoms with E-state index in [1.165, 1.54) is 0 Å². The van der Waals surface area contributed by atoms with E-state index in [2.05, 4.69) is 5.32 Å². The molecule has 0 bridgehead atoms. The third kappa shape index (κ3) is 4.97. The number of nitrogens with zero attached hydrogens (tertiary/aromatic N) is 2. The van der Waals surface area contributed by atoms with Gasteiger partial charge in [-0.2, -0.15) is 0 Å². The third-order valence-electron chi connectivity index (χ3n) is 5.05. The van der Waals surface area contributed by atoms with Crippen molar-refractivity contribution in [3.8, 4) is 5.75 Å². The summed E-state index contributed by atoms with van der Waals surface area (Å²) in [5, 5.41) is 2.88. The van der Waals surface area contributed by atoms with Crippen LogP contribution < -0.4 is 15.0 Å². The molecule has 1 aliphatic heterocycles. The summed E-state index contributed by atoms with van der Waals surface area (Å²) in [5.41, 5.74) is 2.29. The van der Waals surface area contributed by atoms with E-state index in [-0.39, 0.29) is 30.7 Å². The number of carbonyl (C=O) groups is 3. The molecule has 0 spiro atoms. The zero-order valence-electron chi connectivity index (χ0n) is 17.6. The molecule has 1 heterocycles. The van der Waals surface area contributed by atoms with E-state index in [1.807, 2.05) is 55.5 Å². The molecular weight excluding hydrogens is 382 g/mol. The number of nitrogens with one attached hydrogen (secondary N) is 1. The molecule has 1 N–H and O–H groups in total. The average Bonchev–Trinajstić information content (AvgIpc) is 2.72. The molecule has 158 valence electrons. The van der Waals surface area contributed by atoms with E-state index in [4.69, 9.17) is 4.74 Å². The number of ether oxygens (including phenoxy) is 1. The molecule has 2 aromatic carbocycles. The van der Waals surface area contributed by atoms with Crippen molar-refractivity contribution in [2.24, 2.45) is 0 Å². The summed E-state index contributed by atoms with van der Waals surface area (Å²) in [6, 6.07) is 14.8. The van der Waals surface area contributed by atoms with E-state index in [0.717, 1.165) is 5.56 Å². The second-order valence-corrected chi connectivity index (χ2v) is 7.25. The van der Waals surface area contributed by atoms with Gasteiger partial charge in [0.15, 0.2) is 6.10 Å². The van der Waals surface area contributed by atoms with Crippen LogP contribution in [0.5, 0.6) is 5.75 Å². The van der Waals surface area contributed by atoms with Gasteiger partial charge in [-0.1, -0.05) is 24.3 Å². The summed E-state index contributed by atoms with van der Waals surface area (Å²) in [5.74, 6) is 0.308. The van der Waals surface area contributed by atoms with E-state index < -0.39 is 6.10 Å². The molecule has 2 aromatic rings. The predicted octanol–water partition coefficient (Wildman–Crippen LogP) is 3.20. The molecule has 0 fully saturated rings. The first-order valence-corrected chi connectivity index (χ1v) is 10.1. The Morgan fingerprint density at radius 1 is 1.17 bits per heavy atom. The number of carbonyl (C=O) groups excluding carboxylic acids is 3. The smallest absolute Gasteiger partial charge is 0.267 e. The lowest BCUT2D eigenvalue weighted by atomic mass is 10.1. The van der Waals surface area contributed by atoms with Crippen LogP contribution in [0.2, 0.25) is 0 Å². The fraction of sp³-hybridized carbons (Fsp3) is 0.348. The lowest BCUT2D eigenvalue weighted by molar-refractivity contribution is -0.129. The number of benzene rings is 2. The molecule has 0 saturated heterocycles. The van der Waals surface area contributed by atoms with Gasteiger partial charge in [0.2, 0.25) is 11.8 Å². The SMILES string of the molecule is CCN(Cc1cccc(NC(=O)CCN2C(=O)C(C)Oc3ccccc32)c1)C(C)=O. The van der Waals surface area contributed by atoms with Gasteiger partial charge in [0, 0.05) is 38.7 Å². The lowest BCUT2D eigenvalue weighted by Crippen LogP contribution is -2.45. The van der Waals surface area contributed by atoms with Gasteiger partial charge < -0.3 is 19.9 Å². The third-order valence-corrected chi connectivity index (χ3v) is 5.05. The Morgan fingerprint density at radius 2 is 1.93 bits per heavy atom. The molecule has 3 rings (SSSR count). The van der Waals surface area contributed by atoms with Crippen LogP contribution in [0, 0.1) is 0 Å². The van der Waals surface area contributed by atoms with Crippen molar-refractivity contribution in [2.45, 2.75) is 39.8 Å². The van der Waals surface area contributed by atoms with Gasteiger partial charge in [-0.15, -0.1) is 0 Å². The van der Waals surface area contributed by atoms with Crippen LogP contribution in [0.25, 0.3) is 0 Å². The fourth-order valence-electron chi connectivity index (χ4n) is 3.44. The largest absolute Gasteiger partial charge is 0.479 e. The van der Waals surface area contributed by atoms with E-state index in [9.17, 15) is 14.4 Å². The Bertz CT molecular complexity index is 944. The highest BCUT2D eigenvalue weighted by atomic mass is 16.5.